The highest BCUT2D eigenvalue weighted by molar-refractivity contribution is 5.92. The van der Waals surface area contributed by atoms with Crippen molar-refractivity contribution in [1.29, 1.82) is 0 Å². The van der Waals surface area contributed by atoms with Crippen LogP contribution in [-0.4, -0.2) is 22.4 Å². The second-order valence-corrected chi connectivity index (χ2v) is 14.6. The van der Waals surface area contributed by atoms with E-state index in [9.17, 15) is 0 Å². The van der Waals surface area contributed by atoms with Gasteiger partial charge >= 0.3 is 0 Å². The molecule has 2 fully saturated rings. The maximum absolute atomic E-state index is 6.41. The summed E-state index contributed by atoms with van der Waals surface area (Å²) in [5.74, 6) is 0. The van der Waals surface area contributed by atoms with Gasteiger partial charge in [0.25, 0.3) is 0 Å². The van der Waals surface area contributed by atoms with Gasteiger partial charge in [0.05, 0.1) is 16.8 Å². The Kier molecular flexibility index (Phi) is 5.75. The van der Waals surface area contributed by atoms with Crippen LogP contribution in [0.4, 0.5) is 11.4 Å². The van der Waals surface area contributed by atoms with Gasteiger partial charge in [-0.15, -0.1) is 10.5 Å². The van der Waals surface area contributed by atoms with E-state index in [1.165, 1.54) is 22.3 Å². The fourth-order valence-corrected chi connectivity index (χ4v) is 6.91. The number of benzene rings is 4. The molecule has 0 bridgehead atoms. The highest BCUT2D eigenvalue weighted by Crippen LogP contribution is 2.59. The third kappa shape index (κ3) is 3.83. The fourth-order valence-electron chi connectivity index (χ4n) is 6.91. The Labute approximate surface area is 265 Å². The standard InChI is InChI=1S/C39H40N2O4/c1-35(2)36(3,4)43-40(42-35)27-21-19-25-17-18-26-20-22-28(41-44-37(5,6)38(7,8)45-41)24-34(26)39(33(25)23-27)31-15-11-9-13-29(31)30-14-10-12-16-32(30)39/h9-24H,1-8H3. The van der Waals surface area contributed by atoms with E-state index < -0.39 is 27.8 Å². The quantitative estimate of drug-likeness (QED) is 0.198. The molecule has 4 aromatic rings. The van der Waals surface area contributed by atoms with Crippen molar-refractivity contribution >= 4 is 23.5 Å². The van der Waals surface area contributed by atoms with Crippen LogP contribution in [0.1, 0.15) is 88.8 Å². The lowest BCUT2D eigenvalue weighted by molar-refractivity contribution is -0.0277. The smallest absolute Gasteiger partial charge is 0.124 e. The average Bonchev–Trinajstić information content (AvgIpc) is 3.46. The minimum atomic E-state index is -0.636. The monoisotopic (exact) mass is 600 g/mol. The molecule has 2 saturated heterocycles. The Morgan fingerprint density at radius 2 is 0.778 bits per heavy atom. The largest absolute Gasteiger partial charge is 0.239 e. The van der Waals surface area contributed by atoms with Crippen LogP contribution in [-0.2, 0) is 24.8 Å². The van der Waals surface area contributed by atoms with Gasteiger partial charge in [-0.1, -0.05) is 72.8 Å². The van der Waals surface area contributed by atoms with E-state index in [0.29, 0.717) is 0 Å². The van der Waals surface area contributed by atoms with Crippen LogP contribution in [0.15, 0.2) is 84.9 Å². The second-order valence-electron chi connectivity index (χ2n) is 14.6. The molecule has 230 valence electrons. The molecule has 4 aliphatic rings. The van der Waals surface area contributed by atoms with E-state index in [-0.39, 0.29) is 0 Å². The van der Waals surface area contributed by atoms with E-state index in [4.69, 9.17) is 19.4 Å². The van der Waals surface area contributed by atoms with Gasteiger partial charge in [-0.3, -0.25) is 0 Å². The number of hydrogen-bond acceptors (Lipinski definition) is 6. The molecule has 6 nitrogen and oxygen atoms in total. The first-order valence-electron chi connectivity index (χ1n) is 15.8. The Morgan fingerprint density at radius 3 is 1.16 bits per heavy atom. The lowest BCUT2D eigenvalue weighted by Crippen LogP contribution is -2.41. The van der Waals surface area contributed by atoms with Gasteiger partial charge in [0, 0.05) is 0 Å². The van der Waals surface area contributed by atoms with Gasteiger partial charge in [0.1, 0.15) is 22.4 Å². The van der Waals surface area contributed by atoms with E-state index >= 15 is 0 Å². The molecular weight excluding hydrogens is 560 g/mol. The highest BCUT2D eigenvalue weighted by atomic mass is 17.0. The number of nitrogens with zero attached hydrogens (tertiary/aromatic N) is 2. The SMILES string of the molecule is CC1(C)ON(c2ccc3c(c2)C2(c4cc(N5OC(C)(C)C(C)(C)O5)ccc4C=C3)c3ccccc3-c3ccccc32)OC1(C)C. The van der Waals surface area contributed by atoms with Gasteiger partial charge in [-0.05, 0) is 124 Å². The molecule has 0 saturated carbocycles. The molecule has 2 aliphatic heterocycles. The van der Waals surface area contributed by atoms with Crippen molar-refractivity contribution in [2.45, 2.75) is 83.2 Å². The van der Waals surface area contributed by atoms with Gasteiger partial charge in [0.2, 0.25) is 0 Å². The first-order valence-corrected chi connectivity index (χ1v) is 15.8. The minimum absolute atomic E-state index is 0.511. The van der Waals surface area contributed by atoms with Crippen molar-refractivity contribution in [3.8, 4) is 11.1 Å². The summed E-state index contributed by atoms with van der Waals surface area (Å²) in [7, 11) is 0. The molecule has 2 heterocycles. The number of rotatable bonds is 2. The van der Waals surface area contributed by atoms with Gasteiger partial charge in [-0.25, -0.2) is 19.4 Å². The van der Waals surface area contributed by atoms with Crippen molar-refractivity contribution in [3.63, 3.8) is 0 Å². The first kappa shape index (κ1) is 28.5. The van der Waals surface area contributed by atoms with Crippen molar-refractivity contribution < 1.29 is 19.4 Å². The molecule has 0 atom stereocenters. The molecule has 0 aromatic heterocycles. The molecule has 8 rings (SSSR count). The van der Waals surface area contributed by atoms with Crippen LogP contribution < -0.4 is 10.5 Å². The molecular formula is C39H40N2O4. The third-order valence-electron chi connectivity index (χ3n) is 10.8. The molecule has 4 aromatic carbocycles. The summed E-state index contributed by atoms with van der Waals surface area (Å²) in [5.41, 5.74) is 8.52. The number of hydrogen-bond donors (Lipinski definition) is 0. The van der Waals surface area contributed by atoms with Crippen LogP contribution >= 0.6 is 0 Å². The van der Waals surface area contributed by atoms with Gasteiger partial charge in [0.15, 0.2) is 0 Å². The number of anilines is 2. The highest BCUT2D eigenvalue weighted by Gasteiger charge is 2.53. The average molecular weight is 601 g/mol. The van der Waals surface area contributed by atoms with E-state index in [2.05, 4.69) is 152 Å². The Hall–Kier alpha value is -3.94. The summed E-state index contributed by atoms with van der Waals surface area (Å²) in [4.78, 5) is 25.6. The van der Waals surface area contributed by atoms with Gasteiger partial charge in [-0.2, -0.15) is 0 Å². The topological polar surface area (TPSA) is 43.4 Å². The van der Waals surface area contributed by atoms with Crippen LogP contribution in [0, 0.1) is 0 Å². The summed E-state index contributed by atoms with van der Waals surface area (Å²) in [6.45, 7) is 16.5. The first-order chi connectivity index (χ1) is 21.3. The van der Waals surface area contributed by atoms with Crippen molar-refractivity contribution in [1.82, 2.24) is 0 Å². The fraction of sp³-hybridized carbons (Fsp3) is 0.333. The van der Waals surface area contributed by atoms with Crippen LogP contribution in [0.5, 0.6) is 0 Å². The van der Waals surface area contributed by atoms with E-state index in [1.54, 1.807) is 10.5 Å². The number of fused-ring (bicyclic) bond motifs is 9. The normalized spacial score (nSPS) is 22.1. The zero-order chi connectivity index (χ0) is 31.6. The summed E-state index contributed by atoms with van der Waals surface area (Å²) in [6.07, 6.45) is 4.45. The van der Waals surface area contributed by atoms with Crippen LogP contribution in [0.2, 0.25) is 0 Å². The van der Waals surface area contributed by atoms with Crippen LogP contribution in [0.3, 0.4) is 0 Å². The van der Waals surface area contributed by atoms with Crippen LogP contribution in [0.25, 0.3) is 23.3 Å². The molecule has 45 heavy (non-hydrogen) atoms. The predicted octanol–water partition coefficient (Wildman–Crippen LogP) is 9.01. The Morgan fingerprint density at radius 1 is 0.422 bits per heavy atom. The third-order valence-corrected chi connectivity index (χ3v) is 10.8. The Balaban J connectivity index is 1.40. The summed E-state index contributed by atoms with van der Waals surface area (Å²) in [6, 6.07) is 30.6. The molecule has 0 amide bonds. The zero-order valence-electron chi connectivity index (χ0n) is 27.3. The molecule has 0 N–H and O–H groups in total. The predicted molar refractivity (Wildman–Crippen MR) is 178 cm³/mol. The molecule has 0 unspecified atom stereocenters. The summed E-state index contributed by atoms with van der Waals surface area (Å²) < 4.78 is 0. The summed E-state index contributed by atoms with van der Waals surface area (Å²) >= 11 is 0. The Bertz CT molecular complexity index is 1730. The van der Waals surface area contributed by atoms with E-state index in [0.717, 1.165) is 33.6 Å². The minimum Gasteiger partial charge on any atom is -0.239 e. The summed E-state index contributed by atoms with van der Waals surface area (Å²) in [5, 5.41) is 3.20. The second kappa shape index (κ2) is 9.08. The maximum atomic E-state index is 6.41. The lowest BCUT2D eigenvalue weighted by Gasteiger charge is -2.36. The van der Waals surface area contributed by atoms with Crippen molar-refractivity contribution in [2.75, 3.05) is 10.5 Å². The zero-order valence-corrected chi connectivity index (χ0v) is 27.3. The van der Waals surface area contributed by atoms with Gasteiger partial charge < -0.3 is 0 Å². The molecule has 6 heteroatoms. The maximum Gasteiger partial charge on any atom is 0.124 e. The molecule has 2 aliphatic carbocycles. The van der Waals surface area contributed by atoms with Crippen molar-refractivity contribution in [2.24, 2.45) is 0 Å². The van der Waals surface area contributed by atoms with E-state index in [1.807, 2.05) is 0 Å². The molecule has 0 radical (unpaired) electrons. The van der Waals surface area contributed by atoms with Crippen molar-refractivity contribution in [3.05, 3.63) is 118 Å². The lowest BCUT2D eigenvalue weighted by atomic mass is 9.66. The molecule has 1 spiro atoms.